The van der Waals surface area contributed by atoms with E-state index in [4.69, 9.17) is 14.5 Å². The minimum Gasteiger partial charge on any atom is -0.361 e. The van der Waals surface area contributed by atoms with E-state index >= 15 is 0 Å². The van der Waals surface area contributed by atoms with Gasteiger partial charge in [0.25, 0.3) is 0 Å². The third-order valence-corrected chi connectivity index (χ3v) is 6.42. The average Bonchev–Trinajstić information content (AvgIpc) is 3.29. The Kier molecular flexibility index (Phi) is 4.00. The van der Waals surface area contributed by atoms with E-state index in [0.29, 0.717) is 12.5 Å². The van der Waals surface area contributed by atoms with Gasteiger partial charge in [-0.05, 0) is 62.4 Å². The topological polar surface area (TPSA) is 67.1 Å². The number of nitrogens with zero attached hydrogens (tertiary/aromatic N) is 3. The number of hydrogen-bond donors (Lipinski definition) is 1. The van der Waals surface area contributed by atoms with Crippen molar-refractivity contribution in [2.24, 2.45) is 4.99 Å². The molecule has 0 unspecified atom stereocenters. The molecule has 0 radical (unpaired) electrons. The maximum absolute atomic E-state index is 5.48. The second-order valence-electron chi connectivity index (χ2n) is 8.64. The molecule has 1 aliphatic carbocycles. The largest absolute Gasteiger partial charge is 0.361 e. The lowest BCUT2D eigenvalue weighted by atomic mass is 9.90. The second-order valence-corrected chi connectivity index (χ2v) is 8.64. The summed E-state index contributed by atoms with van der Waals surface area (Å²) in [7, 11) is 0. The number of imidazole rings is 1. The molecule has 2 aliphatic rings. The predicted octanol–water partition coefficient (Wildman–Crippen LogP) is 6.10. The van der Waals surface area contributed by atoms with Gasteiger partial charge in [0, 0.05) is 28.3 Å². The monoisotopic (exact) mass is 408 g/mol. The van der Waals surface area contributed by atoms with Crippen LogP contribution in [-0.4, -0.2) is 27.4 Å². The van der Waals surface area contributed by atoms with Crippen molar-refractivity contribution < 1.29 is 4.52 Å². The van der Waals surface area contributed by atoms with E-state index in [1.165, 1.54) is 29.6 Å². The van der Waals surface area contributed by atoms with Crippen molar-refractivity contribution in [1.29, 1.82) is 0 Å². The van der Waals surface area contributed by atoms with Crippen molar-refractivity contribution in [3.05, 3.63) is 70.9 Å². The van der Waals surface area contributed by atoms with Crippen LogP contribution in [0.25, 0.3) is 33.3 Å². The number of aliphatic imine (C=N–C) groups is 1. The summed E-state index contributed by atoms with van der Waals surface area (Å²) in [6.45, 7) is 6.77. The standard InChI is InChI=1S/C26H24N4O/c1-14-24(21(13-27-14)17-7-5-4-6-8-17)20-11-19(23-15(2)30-31-16(23)3)12-22-25(20)29-26(28-22)18-9-10-18/h4-8,11-12,18H,9-10,13H2,1-3H3,(H,28,29). The molecule has 1 fully saturated rings. The van der Waals surface area contributed by atoms with E-state index in [1.54, 1.807) is 0 Å². The minimum atomic E-state index is 0.559. The van der Waals surface area contributed by atoms with Crippen molar-refractivity contribution in [3.63, 3.8) is 0 Å². The van der Waals surface area contributed by atoms with Crippen LogP contribution in [0.4, 0.5) is 0 Å². The molecule has 0 saturated heterocycles. The van der Waals surface area contributed by atoms with Gasteiger partial charge in [0.05, 0.1) is 23.3 Å². The van der Waals surface area contributed by atoms with Crippen LogP contribution in [0.15, 0.2) is 52.0 Å². The summed E-state index contributed by atoms with van der Waals surface area (Å²) in [5.74, 6) is 2.49. The first-order valence-electron chi connectivity index (χ1n) is 10.9. The molecule has 0 bridgehead atoms. The number of benzene rings is 2. The molecule has 0 atom stereocenters. The summed E-state index contributed by atoms with van der Waals surface area (Å²) < 4.78 is 5.48. The number of hydrogen-bond acceptors (Lipinski definition) is 4. The highest BCUT2D eigenvalue weighted by molar-refractivity contribution is 6.34. The lowest BCUT2D eigenvalue weighted by molar-refractivity contribution is 0.393. The Bertz CT molecular complexity index is 1360. The molecule has 1 aliphatic heterocycles. The molecule has 0 amide bonds. The van der Waals surface area contributed by atoms with Gasteiger partial charge in [-0.1, -0.05) is 35.5 Å². The number of rotatable bonds is 4. The van der Waals surface area contributed by atoms with Crippen molar-refractivity contribution >= 4 is 27.9 Å². The third kappa shape index (κ3) is 2.95. The van der Waals surface area contributed by atoms with Gasteiger partial charge in [0.2, 0.25) is 0 Å². The van der Waals surface area contributed by atoms with E-state index in [1.807, 2.05) is 13.8 Å². The molecule has 5 nitrogen and oxygen atoms in total. The first-order chi connectivity index (χ1) is 15.1. The number of fused-ring (bicyclic) bond motifs is 1. The summed E-state index contributed by atoms with van der Waals surface area (Å²) in [6.07, 6.45) is 2.43. The maximum Gasteiger partial charge on any atom is 0.141 e. The molecular weight excluding hydrogens is 384 g/mol. The van der Waals surface area contributed by atoms with Crippen LogP contribution in [-0.2, 0) is 0 Å². The van der Waals surface area contributed by atoms with Crippen molar-refractivity contribution in [1.82, 2.24) is 15.1 Å². The zero-order chi connectivity index (χ0) is 21.1. The Balaban J connectivity index is 1.65. The van der Waals surface area contributed by atoms with Gasteiger partial charge in [-0.2, -0.15) is 0 Å². The molecule has 2 aromatic heterocycles. The predicted molar refractivity (Wildman–Crippen MR) is 124 cm³/mol. The summed E-state index contributed by atoms with van der Waals surface area (Å²) >= 11 is 0. The molecule has 154 valence electrons. The van der Waals surface area contributed by atoms with Crippen molar-refractivity contribution in [3.8, 4) is 11.1 Å². The van der Waals surface area contributed by atoms with Crippen LogP contribution in [0.1, 0.15) is 54.1 Å². The molecular formula is C26H24N4O. The molecule has 3 heterocycles. The van der Waals surface area contributed by atoms with Crippen LogP contribution in [0.3, 0.4) is 0 Å². The lowest BCUT2D eigenvalue weighted by Gasteiger charge is -2.12. The molecule has 5 heteroatoms. The van der Waals surface area contributed by atoms with Crippen molar-refractivity contribution in [2.45, 2.75) is 39.5 Å². The zero-order valence-electron chi connectivity index (χ0n) is 18.0. The Morgan fingerprint density at radius 3 is 2.52 bits per heavy atom. The summed E-state index contributed by atoms with van der Waals surface area (Å²) in [5.41, 5.74) is 11.0. The number of aromatic amines is 1. The fraction of sp³-hybridized carbons (Fsp3) is 0.269. The highest BCUT2D eigenvalue weighted by Crippen LogP contribution is 2.42. The quantitative estimate of drug-likeness (QED) is 0.444. The van der Waals surface area contributed by atoms with Gasteiger partial charge >= 0.3 is 0 Å². The summed E-state index contributed by atoms with van der Waals surface area (Å²) in [4.78, 5) is 13.5. The minimum absolute atomic E-state index is 0.559. The maximum atomic E-state index is 5.48. The molecule has 6 rings (SSSR count). The number of aromatic nitrogens is 3. The van der Waals surface area contributed by atoms with E-state index in [2.05, 4.69) is 59.5 Å². The third-order valence-electron chi connectivity index (χ3n) is 6.42. The van der Waals surface area contributed by atoms with E-state index in [9.17, 15) is 0 Å². The lowest BCUT2D eigenvalue weighted by Crippen LogP contribution is -1.98. The first-order valence-corrected chi connectivity index (χ1v) is 10.9. The van der Waals surface area contributed by atoms with Crippen LogP contribution in [0, 0.1) is 13.8 Å². The smallest absolute Gasteiger partial charge is 0.141 e. The molecule has 2 aromatic carbocycles. The normalized spacial score (nSPS) is 16.4. The number of aryl methyl sites for hydroxylation is 2. The van der Waals surface area contributed by atoms with Gasteiger partial charge in [-0.3, -0.25) is 4.99 Å². The molecule has 0 spiro atoms. The Morgan fingerprint density at radius 2 is 1.81 bits per heavy atom. The molecule has 31 heavy (non-hydrogen) atoms. The van der Waals surface area contributed by atoms with Crippen LogP contribution in [0.2, 0.25) is 0 Å². The zero-order valence-corrected chi connectivity index (χ0v) is 18.0. The van der Waals surface area contributed by atoms with Gasteiger partial charge < -0.3 is 9.51 Å². The number of allylic oxidation sites excluding steroid dienone is 1. The van der Waals surface area contributed by atoms with Gasteiger partial charge in [0.1, 0.15) is 11.6 Å². The van der Waals surface area contributed by atoms with E-state index < -0.39 is 0 Å². The van der Waals surface area contributed by atoms with E-state index in [-0.39, 0.29) is 0 Å². The van der Waals surface area contributed by atoms with Gasteiger partial charge in [-0.15, -0.1) is 0 Å². The molecule has 4 aromatic rings. The Hall–Kier alpha value is -3.47. The first kappa shape index (κ1) is 18.3. The Labute approximate surface area is 180 Å². The van der Waals surface area contributed by atoms with Crippen LogP contribution in [0.5, 0.6) is 0 Å². The average molecular weight is 409 g/mol. The highest BCUT2D eigenvalue weighted by Gasteiger charge is 2.29. The highest BCUT2D eigenvalue weighted by atomic mass is 16.5. The van der Waals surface area contributed by atoms with Gasteiger partial charge in [0.15, 0.2) is 0 Å². The Morgan fingerprint density at radius 1 is 1.00 bits per heavy atom. The second kappa shape index (κ2) is 6.77. The van der Waals surface area contributed by atoms with E-state index in [0.717, 1.165) is 50.7 Å². The van der Waals surface area contributed by atoms with Crippen molar-refractivity contribution in [2.75, 3.05) is 6.54 Å². The SMILES string of the molecule is CC1=NCC(c2ccccc2)=C1c1cc(-c2c(C)noc2C)cc2[nH]c(C3CC3)nc12. The molecule has 1 N–H and O–H groups in total. The summed E-state index contributed by atoms with van der Waals surface area (Å²) in [5, 5.41) is 4.18. The van der Waals surface area contributed by atoms with Crippen LogP contribution < -0.4 is 0 Å². The number of nitrogens with one attached hydrogen (secondary N) is 1. The molecule has 1 saturated carbocycles. The number of H-pyrrole nitrogens is 1. The fourth-order valence-electron chi connectivity index (χ4n) is 4.72. The van der Waals surface area contributed by atoms with Gasteiger partial charge in [-0.25, -0.2) is 4.98 Å². The van der Waals surface area contributed by atoms with Crippen LogP contribution >= 0.6 is 0 Å². The summed E-state index contributed by atoms with van der Waals surface area (Å²) in [6, 6.07) is 15.0. The fourth-order valence-corrected chi connectivity index (χ4v) is 4.72.